The van der Waals surface area contributed by atoms with Gasteiger partial charge in [0.2, 0.25) is 0 Å². The molecule has 0 unspecified atom stereocenters. The molecule has 2 heterocycles. The van der Waals surface area contributed by atoms with Gasteiger partial charge in [0, 0.05) is 31.0 Å². The number of aromatic nitrogens is 4. The van der Waals surface area contributed by atoms with Gasteiger partial charge in [0.15, 0.2) is 10.5 Å². The number of aromatic amines is 1. The van der Waals surface area contributed by atoms with Crippen molar-refractivity contribution in [3.63, 3.8) is 0 Å². The van der Waals surface area contributed by atoms with Gasteiger partial charge < -0.3 is 14.4 Å². The van der Waals surface area contributed by atoms with Gasteiger partial charge in [-0.25, -0.2) is 0 Å². The first-order valence-corrected chi connectivity index (χ1v) is 8.55. The van der Waals surface area contributed by atoms with Gasteiger partial charge >= 0.3 is 0 Å². The van der Waals surface area contributed by atoms with Crippen molar-refractivity contribution in [1.82, 2.24) is 25.2 Å². The van der Waals surface area contributed by atoms with Gasteiger partial charge in [-0.15, -0.1) is 0 Å². The summed E-state index contributed by atoms with van der Waals surface area (Å²) >= 11 is 5.26. The van der Waals surface area contributed by atoms with Gasteiger partial charge in [-0.05, 0) is 44.3 Å². The Morgan fingerprint density at radius 1 is 1.39 bits per heavy atom. The minimum atomic E-state index is -0.167. The van der Waals surface area contributed by atoms with Gasteiger partial charge in [0.05, 0.1) is 0 Å². The number of nitrogens with one attached hydrogen (secondary N) is 2. The van der Waals surface area contributed by atoms with Crippen molar-refractivity contribution in [2.45, 2.75) is 51.0 Å². The molecule has 0 aliphatic heterocycles. The molecule has 23 heavy (non-hydrogen) atoms. The van der Waals surface area contributed by atoms with Crippen molar-refractivity contribution in [3.05, 3.63) is 27.6 Å². The third-order valence-corrected chi connectivity index (χ3v) is 4.83. The van der Waals surface area contributed by atoms with Crippen LogP contribution in [0.2, 0.25) is 0 Å². The van der Waals surface area contributed by atoms with Crippen molar-refractivity contribution in [2.75, 3.05) is 6.54 Å². The summed E-state index contributed by atoms with van der Waals surface area (Å²) in [4.78, 5) is 12.3. The van der Waals surface area contributed by atoms with E-state index in [1.165, 1.54) is 0 Å². The summed E-state index contributed by atoms with van der Waals surface area (Å²) in [5, 5.41) is 14.0. The Morgan fingerprint density at radius 2 is 2.22 bits per heavy atom. The number of hydrogen-bond acceptors (Lipinski definition) is 5. The van der Waals surface area contributed by atoms with Gasteiger partial charge in [0.1, 0.15) is 11.6 Å². The summed E-state index contributed by atoms with van der Waals surface area (Å²) in [6.07, 6.45) is 6.27. The van der Waals surface area contributed by atoms with E-state index in [2.05, 4.69) is 20.7 Å². The molecule has 2 N–H and O–H groups in total. The molecule has 4 rings (SSSR count). The zero-order chi connectivity index (χ0) is 15.8. The van der Waals surface area contributed by atoms with Gasteiger partial charge in [-0.1, -0.05) is 5.16 Å². The maximum absolute atomic E-state index is 12.3. The summed E-state index contributed by atoms with van der Waals surface area (Å²) in [7, 11) is 0. The average Bonchev–Trinajstić information content (AvgIpc) is 3.21. The Hall–Kier alpha value is -1.96. The minimum Gasteiger partial charge on any atom is -0.360 e. The number of carbonyl (C=O) groups is 1. The molecule has 0 radical (unpaired) electrons. The number of hydrogen-bond donors (Lipinski definition) is 2. The molecule has 8 heteroatoms. The first-order chi connectivity index (χ1) is 11.2. The van der Waals surface area contributed by atoms with Gasteiger partial charge in [-0.3, -0.25) is 9.89 Å². The van der Waals surface area contributed by atoms with E-state index in [1.54, 1.807) is 0 Å². The molecule has 0 saturated heterocycles. The molecule has 1 fully saturated rings. The van der Waals surface area contributed by atoms with Crippen LogP contribution >= 0.6 is 12.2 Å². The number of carbonyl (C=O) groups excluding carboxylic acids is 1. The Labute approximate surface area is 138 Å². The number of rotatable bonds is 5. The fourth-order valence-electron chi connectivity index (χ4n) is 3.13. The number of fused-ring (bicyclic) bond motifs is 1. The molecule has 122 valence electrons. The Kier molecular flexibility index (Phi) is 3.76. The lowest BCUT2D eigenvalue weighted by molar-refractivity contribution is 0.0942. The number of H-pyrrole nitrogens is 1. The SMILES string of the molecule is O=C(NCCn1c(C2CC2)n[nH]c1=S)c1noc2c1CCCC2. The molecule has 1 saturated carbocycles. The summed E-state index contributed by atoms with van der Waals surface area (Å²) in [5.41, 5.74) is 1.42. The predicted molar refractivity (Wildman–Crippen MR) is 84.9 cm³/mol. The van der Waals surface area contributed by atoms with Crippen LogP contribution in [-0.4, -0.2) is 32.4 Å². The molecule has 2 aliphatic carbocycles. The molecular weight excluding hydrogens is 314 g/mol. The van der Waals surface area contributed by atoms with Crippen LogP contribution in [0.4, 0.5) is 0 Å². The molecule has 2 aromatic heterocycles. The van der Waals surface area contributed by atoms with Crippen LogP contribution in [0.3, 0.4) is 0 Å². The predicted octanol–water partition coefficient (Wildman–Crippen LogP) is 2.11. The van der Waals surface area contributed by atoms with Crippen LogP contribution in [0.25, 0.3) is 0 Å². The third-order valence-electron chi connectivity index (χ3n) is 4.52. The first-order valence-electron chi connectivity index (χ1n) is 8.15. The van der Waals surface area contributed by atoms with Crippen molar-refractivity contribution < 1.29 is 9.32 Å². The van der Waals surface area contributed by atoms with Crippen molar-refractivity contribution in [3.8, 4) is 0 Å². The largest absolute Gasteiger partial charge is 0.360 e. The van der Waals surface area contributed by atoms with Crippen LogP contribution in [0, 0.1) is 4.77 Å². The zero-order valence-corrected chi connectivity index (χ0v) is 13.6. The second-order valence-electron chi connectivity index (χ2n) is 6.21. The second-order valence-corrected chi connectivity index (χ2v) is 6.60. The van der Waals surface area contributed by atoms with Crippen LogP contribution in [0.5, 0.6) is 0 Å². The third kappa shape index (κ3) is 2.83. The molecule has 1 amide bonds. The van der Waals surface area contributed by atoms with Crippen LogP contribution in [0.1, 0.15) is 59.2 Å². The van der Waals surface area contributed by atoms with Crippen molar-refractivity contribution >= 4 is 18.1 Å². The lowest BCUT2D eigenvalue weighted by atomic mass is 9.96. The van der Waals surface area contributed by atoms with Crippen LogP contribution in [-0.2, 0) is 19.4 Å². The highest BCUT2D eigenvalue weighted by atomic mass is 32.1. The van der Waals surface area contributed by atoms with Crippen molar-refractivity contribution in [1.29, 1.82) is 0 Å². The van der Waals surface area contributed by atoms with Gasteiger partial charge in [-0.2, -0.15) is 5.10 Å². The molecule has 0 bridgehead atoms. The first kappa shape index (κ1) is 14.6. The summed E-state index contributed by atoms with van der Waals surface area (Å²) in [6, 6.07) is 0. The molecule has 2 aromatic rings. The lowest BCUT2D eigenvalue weighted by Gasteiger charge is -2.10. The summed E-state index contributed by atoms with van der Waals surface area (Å²) in [6.45, 7) is 1.11. The van der Waals surface area contributed by atoms with Gasteiger partial charge in [0.25, 0.3) is 5.91 Å². The highest BCUT2D eigenvalue weighted by Crippen LogP contribution is 2.38. The topological polar surface area (TPSA) is 88.7 Å². The number of amides is 1. The standard InChI is InChI=1S/C15H19N5O2S/c21-14(12-10-3-1-2-4-11(10)22-19-12)16-7-8-20-13(9-5-6-9)17-18-15(20)23/h9H,1-8H2,(H,16,21)(H,18,23). The second kappa shape index (κ2) is 5.92. The molecule has 0 atom stereocenters. The average molecular weight is 333 g/mol. The van der Waals surface area contributed by atoms with Crippen LogP contribution in [0.15, 0.2) is 4.52 Å². The fourth-order valence-corrected chi connectivity index (χ4v) is 3.36. The maximum atomic E-state index is 12.3. The van der Waals surface area contributed by atoms with E-state index in [1.807, 2.05) is 4.57 Å². The normalized spacial score (nSPS) is 17.0. The minimum absolute atomic E-state index is 0.167. The molecule has 2 aliphatic rings. The lowest BCUT2D eigenvalue weighted by Crippen LogP contribution is -2.29. The quantitative estimate of drug-likeness (QED) is 0.818. The van der Waals surface area contributed by atoms with E-state index in [0.717, 1.165) is 55.7 Å². The summed E-state index contributed by atoms with van der Waals surface area (Å²) < 4.78 is 7.88. The van der Waals surface area contributed by atoms with E-state index in [-0.39, 0.29) is 5.91 Å². The number of nitrogens with zero attached hydrogens (tertiary/aromatic N) is 3. The highest BCUT2D eigenvalue weighted by Gasteiger charge is 2.29. The number of aryl methyl sites for hydroxylation is 1. The molecular formula is C15H19N5O2S. The monoisotopic (exact) mass is 333 g/mol. The smallest absolute Gasteiger partial charge is 0.273 e. The van der Waals surface area contributed by atoms with E-state index < -0.39 is 0 Å². The van der Waals surface area contributed by atoms with E-state index >= 15 is 0 Å². The molecule has 7 nitrogen and oxygen atoms in total. The molecule has 0 aromatic carbocycles. The Bertz CT molecular complexity index is 786. The zero-order valence-electron chi connectivity index (χ0n) is 12.8. The fraction of sp³-hybridized carbons (Fsp3) is 0.600. The highest BCUT2D eigenvalue weighted by molar-refractivity contribution is 7.71. The maximum Gasteiger partial charge on any atom is 0.273 e. The van der Waals surface area contributed by atoms with E-state index in [9.17, 15) is 4.79 Å². The van der Waals surface area contributed by atoms with Crippen molar-refractivity contribution in [2.24, 2.45) is 0 Å². The van der Waals surface area contributed by atoms with E-state index in [4.69, 9.17) is 16.7 Å². The Balaban J connectivity index is 1.40. The van der Waals surface area contributed by atoms with Crippen LogP contribution < -0.4 is 5.32 Å². The molecule has 0 spiro atoms. The Morgan fingerprint density at radius 3 is 3.04 bits per heavy atom. The van der Waals surface area contributed by atoms with E-state index in [0.29, 0.717) is 29.5 Å². The summed E-state index contributed by atoms with van der Waals surface area (Å²) in [5.74, 6) is 2.22.